The first kappa shape index (κ1) is 21.3. The third-order valence-corrected chi connectivity index (χ3v) is 3.57. The van der Waals surface area contributed by atoms with Gasteiger partial charge in [-0.25, -0.2) is 14.5 Å². The molecule has 0 unspecified atom stereocenters. The maximum atomic E-state index is 11.8. The van der Waals surface area contributed by atoms with E-state index in [-0.39, 0.29) is 19.0 Å². The Labute approximate surface area is 160 Å². The van der Waals surface area contributed by atoms with Crippen molar-refractivity contribution in [3.05, 3.63) is 12.2 Å². The molecule has 12 heteroatoms. The number of ether oxygens (including phenoxy) is 5. The van der Waals surface area contributed by atoms with Crippen LogP contribution in [0.1, 0.15) is 44.5 Å². The van der Waals surface area contributed by atoms with E-state index in [1.165, 1.54) is 27.1 Å². The summed E-state index contributed by atoms with van der Waals surface area (Å²) < 4.78 is 27.1. The molecule has 0 saturated carbocycles. The number of hydrogen-bond acceptors (Lipinski definition) is 11. The molecule has 0 N–H and O–H groups in total. The van der Waals surface area contributed by atoms with Gasteiger partial charge in [-0.3, -0.25) is 14.4 Å². The van der Waals surface area contributed by atoms with Gasteiger partial charge in [0.2, 0.25) is 0 Å². The second-order valence-electron chi connectivity index (χ2n) is 5.78. The third kappa shape index (κ3) is 5.25. The van der Waals surface area contributed by atoms with E-state index in [1.54, 1.807) is 6.92 Å². The zero-order chi connectivity index (χ0) is 20.8. The molecule has 1 aromatic heterocycles. The van der Waals surface area contributed by atoms with Crippen molar-refractivity contribution in [2.24, 2.45) is 0 Å². The molecule has 154 valence electrons. The lowest BCUT2D eigenvalue weighted by atomic mass is 10.1. The van der Waals surface area contributed by atoms with E-state index in [0.717, 1.165) is 4.68 Å². The summed E-state index contributed by atoms with van der Waals surface area (Å²) >= 11 is 0. The minimum atomic E-state index is -1.11. The van der Waals surface area contributed by atoms with Gasteiger partial charge in [0, 0.05) is 20.8 Å². The highest BCUT2D eigenvalue weighted by Gasteiger charge is 2.51. The maximum Gasteiger partial charge on any atom is 0.378 e. The van der Waals surface area contributed by atoms with Gasteiger partial charge in [0.15, 0.2) is 18.4 Å². The van der Waals surface area contributed by atoms with Crippen LogP contribution in [0.2, 0.25) is 0 Å². The van der Waals surface area contributed by atoms with E-state index in [1.807, 2.05) is 0 Å². The minimum Gasteiger partial charge on any atom is -0.463 e. The van der Waals surface area contributed by atoms with Gasteiger partial charge in [0.25, 0.3) is 5.82 Å². The molecule has 0 radical (unpaired) electrons. The summed E-state index contributed by atoms with van der Waals surface area (Å²) in [5, 5.41) is 3.98. The van der Waals surface area contributed by atoms with Gasteiger partial charge in [0.1, 0.15) is 19.0 Å². The first-order chi connectivity index (χ1) is 13.2. The monoisotopic (exact) mass is 399 g/mol. The van der Waals surface area contributed by atoms with Gasteiger partial charge in [0.05, 0.1) is 6.61 Å². The molecule has 1 saturated heterocycles. The summed E-state index contributed by atoms with van der Waals surface area (Å²) in [6.07, 6.45) is -3.01. The SMILES string of the molecule is CCOC(=O)c1ncn([C@@H]2O[C@H](COC(C)=O)[C@@H](OC(C)=O)[C@H]2OC(C)=O)n1. The highest BCUT2D eigenvalue weighted by molar-refractivity contribution is 5.84. The maximum absolute atomic E-state index is 11.8. The lowest BCUT2D eigenvalue weighted by molar-refractivity contribution is -0.166. The van der Waals surface area contributed by atoms with Crippen LogP contribution in [-0.2, 0) is 38.1 Å². The van der Waals surface area contributed by atoms with Gasteiger partial charge < -0.3 is 23.7 Å². The Balaban J connectivity index is 2.31. The number of nitrogens with zero attached hydrogens (tertiary/aromatic N) is 3. The smallest absolute Gasteiger partial charge is 0.378 e. The predicted molar refractivity (Wildman–Crippen MR) is 87.6 cm³/mol. The van der Waals surface area contributed by atoms with Crippen LogP contribution >= 0.6 is 0 Å². The molecule has 1 aliphatic rings. The lowest BCUT2D eigenvalue weighted by Gasteiger charge is -2.23. The Bertz CT molecular complexity index is 747. The topological polar surface area (TPSA) is 145 Å². The van der Waals surface area contributed by atoms with Gasteiger partial charge >= 0.3 is 23.9 Å². The summed E-state index contributed by atoms with van der Waals surface area (Å²) in [6.45, 7) is 5.08. The molecular weight excluding hydrogens is 378 g/mol. The van der Waals surface area contributed by atoms with Crippen LogP contribution in [0.3, 0.4) is 0 Å². The molecule has 0 bridgehead atoms. The second-order valence-corrected chi connectivity index (χ2v) is 5.78. The van der Waals surface area contributed by atoms with Crippen LogP contribution in [0.15, 0.2) is 6.33 Å². The van der Waals surface area contributed by atoms with Crippen molar-refractivity contribution in [2.45, 2.75) is 52.2 Å². The summed E-state index contributed by atoms with van der Waals surface area (Å²) in [6, 6.07) is 0. The van der Waals surface area contributed by atoms with E-state index in [4.69, 9.17) is 23.7 Å². The van der Waals surface area contributed by atoms with Crippen LogP contribution in [0.4, 0.5) is 0 Å². The number of aromatic nitrogens is 3. The summed E-state index contributed by atoms with van der Waals surface area (Å²) in [4.78, 5) is 49.8. The van der Waals surface area contributed by atoms with Crippen molar-refractivity contribution < 1.29 is 42.9 Å². The molecule has 12 nitrogen and oxygen atoms in total. The molecular formula is C16H21N3O9. The number of hydrogen-bond donors (Lipinski definition) is 0. The Kier molecular flexibility index (Phi) is 7.04. The first-order valence-corrected chi connectivity index (χ1v) is 8.44. The average molecular weight is 399 g/mol. The third-order valence-electron chi connectivity index (χ3n) is 3.57. The Morgan fingerprint density at radius 1 is 1.04 bits per heavy atom. The molecule has 1 fully saturated rings. The quantitative estimate of drug-likeness (QED) is 0.443. The van der Waals surface area contributed by atoms with Crippen LogP contribution < -0.4 is 0 Å². The number of esters is 4. The first-order valence-electron chi connectivity index (χ1n) is 8.44. The standard InChI is InChI=1S/C16H21N3O9/c1-5-24-16(23)14-17-7-19(18-14)15-13(27-10(4)22)12(26-9(3)21)11(28-15)6-25-8(2)20/h7,11-13,15H,5-6H2,1-4H3/t11-,12-,13-,15-/m1/s1. The number of carbonyl (C=O) groups is 4. The van der Waals surface area contributed by atoms with E-state index < -0.39 is 48.4 Å². The zero-order valence-electron chi connectivity index (χ0n) is 15.8. The van der Waals surface area contributed by atoms with Crippen molar-refractivity contribution in [1.29, 1.82) is 0 Å². The van der Waals surface area contributed by atoms with Crippen LogP contribution in [0, 0.1) is 0 Å². The molecule has 4 atom stereocenters. The van der Waals surface area contributed by atoms with Crippen LogP contribution in [-0.4, -0.2) is 70.2 Å². The van der Waals surface area contributed by atoms with Crippen molar-refractivity contribution >= 4 is 23.9 Å². The number of rotatable bonds is 7. The normalized spacial score (nSPS) is 23.7. The van der Waals surface area contributed by atoms with Crippen LogP contribution in [0.25, 0.3) is 0 Å². The highest BCUT2D eigenvalue weighted by Crippen LogP contribution is 2.34. The average Bonchev–Trinajstić information content (AvgIpc) is 3.19. The Morgan fingerprint density at radius 3 is 2.25 bits per heavy atom. The van der Waals surface area contributed by atoms with Crippen molar-refractivity contribution in [2.75, 3.05) is 13.2 Å². The molecule has 0 aromatic carbocycles. The largest absolute Gasteiger partial charge is 0.463 e. The molecule has 1 aliphatic heterocycles. The summed E-state index contributed by atoms with van der Waals surface area (Å²) in [5.41, 5.74) is 0. The van der Waals surface area contributed by atoms with E-state index in [0.29, 0.717) is 0 Å². The molecule has 2 heterocycles. The predicted octanol–water partition coefficient (Wildman–Crippen LogP) is -0.221. The highest BCUT2D eigenvalue weighted by atomic mass is 16.7. The zero-order valence-corrected chi connectivity index (χ0v) is 15.8. The minimum absolute atomic E-state index is 0.141. The molecule has 28 heavy (non-hydrogen) atoms. The van der Waals surface area contributed by atoms with Gasteiger partial charge in [-0.15, -0.1) is 5.10 Å². The molecule has 1 aromatic rings. The lowest BCUT2D eigenvalue weighted by Crippen LogP contribution is -2.40. The fraction of sp³-hybridized carbons (Fsp3) is 0.625. The van der Waals surface area contributed by atoms with Gasteiger partial charge in [-0.05, 0) is 6.92 Å². The van der Waals surface area contributed by atoms with E-state index in [2.05, 4.69) is 10.1 Å². The summed E-state index contributed by atoms with van der Waals surface area (Å²) in [5.74, 6) is -2.83. The molecule has 0 amide bonds. The fourth-order valence-electron chi connectivity index (χ4n) is 2.59. The van der Waals surface area contributed by atoms with E-state index >= 15 is 0 Å². The fourth-order valence-corrected chi connectivity index (χ4v) is 2.59. The van der Waals surface area contributed by atoms with Crippen molar-refractivity contribution in [3.63, 3.8) is 0 Å². The van der Waals surface area contributed by atoms with Gasteiger partial charge in [-0.2, -0.15) is 0 Å². The van der Waals surface area contributed by atoms with Gasteiger partial charge in [-0.1, -0.05) is 0 Å². The van der Waals surface area contributed by atoms with Crippen molar-refractivity contribution in [3.8, 4) is 0 Å². The van der Waals surface area contributed by atoms with E-state index in [9.17, 15) is 19.2 Å². The Hall–Kier alpha value is -3.02. The molecule has 0 spiro atoms. The second kappa shape index (κ2) is 9.26. The van der Waals surface area contributed by atoms with Crippen molar-refractivity contribution in [1.82, 2.24) is 14.8 Å². The molecule has 2 rings (SSSR count). The van der Waals surface area contributed by atoms with Crippen LogP contribution in [0.5, 0.6) is 0 Å². The Morgan fingerprint density at radius 2 is 1.68 bits per heavy atom. The number of carbonyl (C=O) groups excluding carboxylic acids is 4. The molecule has 0 aliphatic carbocycles. The summed E-state index contributed by atoms with van der Waals surface area (Å²) in [7, 11) is 0.